The number of guanidine groups is 1. The van der Waals surface area contributed by atoms with E-state index in [1.165, 1.54) is 41.3 Å². The molecular formula is C81H99FN14O15. The number of hydrogen-bond acceptors (Lipinski definition) is 16. The summed E-state index contributed by atoms with van der Waals surface area (Å²) in [7, 11) is 0. The predicted octanol–water partition coefficient (Wildman–Crippen LogP) is 3.30. The van der Waals surface area contributed by atoms with Crippen LogP contribution in [0.4, 0.5) is 9.18 Å². The number of carbonyl (C=O) groups is 11. The van der Waals surface area contributed by atoms with Crippen LogP contribution in [0.15, 0.2) is 169 Å². The summed E-state index contributed by atoms with van der Waals surface area (Å²) in [6.07, 6.45) is -1.26. The van der Waals surface area contributed by atoms with Gasteiger partial charge in [0.1, 0.15) is 71.5 Å². The minimum absolute atomic E-state index is 0.0000108. The van der Waals surface area contributed by atoms with Crippen LogP contribution in [-0.4, -0.2) is 179 Å². The lowest BCUT2D eigenvalue weighted by atomic mass is 9.98. The van der Waals surface area contributed by atoms with E-state index in [1.54, 1.807) is 83.1 Å². The number of aromatic hydroxyl groups is 1. The molecule has 7 aromatic rings. The zero-order valence-corrected chi connectivity index (χ0v) is 62.7. The molecule has 111 heavy (non-hydrogen) atoms. The maximum absolute atomic E-state index is 15.3. The van der Waals surface area contributed by atoms with E-state index in [0.29, 0.717) is 28.7 Å². The summed E-state index contributed by atoms with van der Waals surface area (Å²) in [6, 6.07) is 31.8. The number of alkyl carbamates (subject to hydrolysis) is 1. The highest BCUT2D eigenvalue weighted by Crippen LogP contribution is 2.23. The van der Waals surface area contributed by atoms with E-state index in [2.05, 4.69) is 52.8 Å². The number of phenolic OH excluding ortho intramolecular Hbond substituents is 1. The number of carbonyl (C=O) groups excluding carboxylic acids is 11. The first kappa shape index (κ1) is 84.6. The SMILES string of the molecule is CC(C)C[C@H](NC(=O)[C@@H](Cc1ccc2ccccc2c1)NC(=O)[C@H](Cc1ccc(O)cc1)NC(=O)[C@H](CO)NC(=O)[C@@H](Cc1ccc2ccccc2c1)NC(=O)[C@@H](Cc1ccc(F)cc1)NC(=O)[C@H](COCc1ccccc1)NC(=O)OC(C)(C)C)C(=O)N[C@@H](CCCN=C(N)N)C(=O)N1CCC[C@H]1C(=O)NCC(N)=O. The summed E-state index contributed by atoms with van der Waals surface area (Å²) in [5.41, 5.74) is 18.0. The van der Waals surface area contributed by atoms with E-state index in [9.17, 15) is 48.2 Å². The zero-order valence-electron chi connectivity index (χ0n) is 62.7. The number of aliphatic hydroxyl groups excluding tert-OH is 1. The summed E-state index contributed by atoms with van der Waals surface area (Å²) in [5.74, 6) is -9.96. The van der Waals surface area contributed by atoms with Gasteiger partial charge in [0, 0.05) is 38.8 Å². The molecule has 0 spiro atoms. The summed E-state index contributed by atoms with van der Waals surface area (Å²) in [5, 5.41) is 48.7. The maximum atomic E-state index is 15.3. The standard InChI is InChI=1S/C81H99FN14O15/c1-48(2)37-61(70(100)88-60(21-13-35-86-79(84)85)78(108)96-36-14-22-68(96)77(107)87-44-69(83)99)89-73(103)64(42-52-23-29-54-17-9-11-19-56(54)38-52)90-71(101)62(41-50-27-33-59(98)34-28-50)92-75(105)66(45-97)94-74(104)65(43-53-24-30-55-18-10-12-20-57(55)39-53)91-72(102)63(40-49-25-31-58(82)32-26-49)93-76(106)67(95-80(109)111-81(3,4)5)47-110-46-51-15-7-6-8-16-51/h6-12,15-20,23-34,38-39,48,60-68,97-98H,13-14,21-22,35-37,40-47H2,1-5H3,(H2,83,99)(H,87,107)(H,88,100)(H,89,103)(H,90,101)(H,91,102)(H,92,105)(H,93,106)(H,94,104)(H,95,109)(H4,84,85,86)/t60-,61-,62-,63+,64+,65+,66-,67-,68-/m0/s1. The first-order valence-corrected chi connectivity index (χ1v) is 36.7. The lowest BCUT2D eigenvalue weighted by Gasteiger charge is -2.30. The number of nitrogens with one attached hydrogen (secondary N) is 9. The van der Waals surface area contributed by atoms with Crippen molar-refractivity contribution in [2.45, 2.75) is 159 Å². The largest absolute Gasteiger partial charge is 0.508 e. The first-order chi connectivity index (χ1) is 53.0. The van der Waals surface area contributed by atoms with Crippen molar-refractivity contribution >= 4 is 92.7 Å². The van der Waals surface area contributed by atoms with Crippen molar-refractivity contribution in [3.05, 3.63) is 197 Å². The Balaban J connectivity index is 1.08. The highest BCUT2D eigenvalue weighted by atomic mass is 19.1. The minimum Gasteiger partial charge on any atom is -0.508 e. The third kappa shape index (κ3) is 26.9. The predicted molar refractivity (Wildman–Crippen MR) is 413 cm³/mol. The van der Waals surface area contributed by atoms with Crippen LogP contribution in [0.25, 0.3) is 21.5 Å². The number of nitrogens with zero attached hydrogens (tertiary/aromatic N) is 2. The van der Waals surface area contributed by atoms with Crippen LogP contribution in [0, 0.1) is 11.7 Å². The molecule has 9 atom stereocenters. The third-order valence-corrected chi connectivity index (χ3v) is 18.2. The molecule has 0 unspecified atom stereocenters. The number of ether oxygens (including phenoxy) is 2. The number of nitrogens with two attached hydrogens (primary N) is 3. The monoisotopic (exact) mass is 1530 g/mol. The van der Waals surface area contributed by atoms with E-state index in [1.807, 2.05) is 66.7 Å². The molecule has 1 aliphatic rings. The summed E-state index contributed by atoms with van der Waals surface area (Å²) in [6.45, 7) is 6.71. The van der Waals surface area contributed by atoms with E-state index < -0.39 is 151 Å². The van der Waals surface area contributed by atoms with Gasteiger partial charge in [0.25, 0.3) is 0 Å². The molecule has 17 N–H and O–H groups in total. The Kier molecular flexibility index (Phi) is 31.2. The molecule has 1 heterocycles. The summed E-state index contributed by atoms with van der Waals surface area (Å²) >= 11 is 0. The lowest BCUT2D eigenvalue weighted by molar-refractivity contribution is -0.142. The number of hydrogen-bond donors (Lipinski definition) is 14. The highest BCUT2D eigenvalue weighted by Gasteiger charge is 2.40. The molecule has 0 radical (unpaired) electrons. The topological polar surface area (TPSA) is 449 Å². The van der Waals surface area contributed by atoms with Gasteiger partial charge < -0.3 is 89.6 Å². The van der Waals surface area contributed by atoms with Gasteiger partial charge >= 0.3 is 6.09 Å². The lowest BCUT2D eigenvalue weighted by Crippen LogP contribution is -2.62. The molecular weight excluding hydrogens is 1430 g/mol. The quantitative estimate of drug-likeness (QED) is 0.0150. The van der Waals surface area contributed by atoms with Gasteiger partial charge in [-0.1, -0.05) is 153 Å². The van der Waals surface area contributed by atoms with Crippen molar-refractivity contribution in [2.24, 2.45) is 28.1 Å². The Bertz CT molecular complexity index is 4430. The van der Waals surface area contributed by atoms with Gasteiger partial charge in [-0.3, -0.25) is 52.9 Å². The Morgan fingerprint density at radius 2 is 0.973 bits per heavy atom. The number of aliphatic hydroxyl groups is 1. The van der Waals surface area contributed by atoms with E-state index in [0.717, 1.165) is 39.2 Å². The van der Waals surface area contributed by atoms with E-state index in [-0.39, 0.29) is 88.7 Å². The van der Waals surface area contributed by atoms with E-state index >= 15 is 19.2 Å². The van der Waals surface area contributed by atoms with Crippen molar-refractivity contribution in [2.75, 3.05) is 32.8 Å². The van der Waals surface area contributed by atoms with Crippen LogP contribution in [0.5, 0.6) is 5.75 Å². The van der Waals surface area contributed by atoms with Crippen LogP contribution >= 0.6 is 0 Å². The molecule has 590 valence electrons. The molecule has 1 aliphatic heterocycles. The maximum Gasteiger partial charge on any atom is 0.408 e. The number of halogens is 1. The fourth-order valence-electron chi connectivity index (χ4n) is 12.6. The van der Waals surface area contributed by atoms with Crippen LogP contribution in [0.2, 0.25) is 0 Å². The Hall–Kier alpha value is -12.0. The van der Waals surface area contributed by atoms with Crippen LogP contribution in [0.3, 0.4) is 0 Å². The summed E-state index contributed by atoms with van der Waals surface area (Å²) in [4.78, 5) is 163. The van der Waals surface area contributed by atoms with Crippen LogP contribution in [-0.2, 0) is 89.7 Å². The Morgan fingerprint density at radius 1 is 0.532 bits per heavy atom. The highest BCUT2D eigenvalue weighted by molar-refractivity contribution is 6.00. The number of benzene rings is 7. The van der Waals surface area contributed by atoms with Crippen LogP contribution in [0.1, 0.15) is 94.5 Å². The Labute approximate surface area is 642 Å². The van der Waals surface area contributed by atoms with Gasteiger partial charge in [-0.2, -0.15) is 0 Å². The zero-order chi connectivity index (χ0) is 80.3. The van der Waals surface area contributed by atoms with Gasteiger partial charge in [0.05, 0.1) is 26.4 Å². The second-order valence-electron chi connectivity index (χ2n) is 28.7. The molecule has 1 fully saturated rings. The van der Waals surface area contributed by atoms with Gasteiger partial charge in [0.15, 0.2) is 5.96 Å². The average Bonchev–Trinajstić information content (AvgIpc) is 1.76. The minimum atomic E-state index is -1.88. The number of likely N-dealkylation sites (tertiary alicyclic amines) is 1. The van der Waals surface area contributed by atoms with Crippen molar-refractivity contribution in [3.63, 3.8) is 0 Å². The molecule has 1 saturated heterocycles. The number of primary amides is 1. The van der Waals surface area contributed by atoms with Gasteiger partial charge in [-0.15, -0.1) is 0 Å². The van der Waals surface area contributed by atoms with Crippen molar-refractivity contribution in [1.82, 2.24) is 52.8 Å². The average molecular weight is 1530 g/mol. The molecule has 0 aromatic heterocycles. The molecule has 29 nitrogen and oxygen atoms in total. The third-order valence-electron chi connectivity index (χ3n) is 18.2. The van der Waals surface area contributed by atoms with Gasteiger partial charge in [0.2, 0.25) is 59.1 Å². The Morgan fingerprint density at radius 3 is 1.47 bits per heavy atom. The van der Waals surface area contributed by atoms with Gasteiger partial charge in [-0.25, -0.2) is 9.18 Å². The fraction of sp³-hybridized carbons (Fsp3) is 0.383. The molecule has 0 bridgehead atoms. The molecule has 11 amide bonds. The fourth-order valence-corrected chi connectivity index (χ4v) is 12.6. The molecule has 8 rings (SSSR count). The van der Waals surface area contributed by atoms with Gasteiger partial charge in [-0.05, 0) is 132 Å². The van der Waals surface area contributed by atoms with E-state index in [4.69, 9.17) is 26.7 Å². The number of rotatable bonds is 38. The molecule has 0 saturated carbocycles. The number of phenols is 1. The molecule has 0 aliphatic carbocycles. The van der Waals surface area contributed by atoms with Crippen LogP contribution < -0.4 is 65.1 Å². The van der Waals surface area contributed by atoms with Crippen molar-refractivity contribution in [1.29, 1.82) is 0 Å². The smallest absolute Gasteiger partial charge is 0.408 e. The first-order valence-electron chi connectivity index (χ1n) is 36.7. The molecule has 7 aromatic carbocycles. The number of aliphatic imine (C=N–C) groups is 1. The second-order valence-corrected chi connectivity index (χ2v) is 28.7. The number of amides is 11. The van der Waals surface area contributed by atoms with Crippen molar-refractivity contribution < 1.29 is 76.8 Å². The molecule has 30 heteroatoms. The second kappa shape index (κ2) is 40.9. The summed E-state index contributed by atoms with van der Waals surface area (Å²) < 4.78 is 25.8. The normalized spacial score (nSPS) is 14.8. The van der Waals surface area contributed by atoms with Crippen molar-refractivity contribution in [3.8, 4) is 5.75 Å². The number of fused-ring (bicyclic) bond motifs is 2.